The number of alkyl halides is 3. The molecule has 2 N–H and O–H groups in total. The summed E-state index contributed by atoms with van der Waals surface area (Å²) < 4.78 is 38.1. The lowest BCUT2D eigenvalue weighted by atomic mass is 10.1. The zero-order valence-corrected chi connectivity index (χ0v) is 10.3. The van der Waals surface area contributed by atoms with Gasteiger partial charge in [-0.15, -0.1) is 0 Å². The van der Waals surface area contributed by atoms with E-state index in [9.17, 15) is 13.2 Å². The minimum atomic E-state index is -4.39. The van der Waals surface area contributed by atoms with Gasteiger partial charge in [-0.1, -0.05) is 6.92 Å². The van der Waals surface area contributed by atoms with Crippen molar-refractivity contribution < 1.29 is 13.2 Å². The third kappa shape index (κ3) is 2.52. The second-order valence-electron chi connectivity index (χ2n) is 4.98. The summed E-state index contributed by atoms with van der Waals surface area (Å²) in [6.45, 7) is 4.78. The third-order valence-corrected chi connectivity index (χ3v) is 3.24. The molecule has 2 heterocycles. The van der Waals surface area contributed by atoms with Gasteiger partial charge in [0.25, 0.3) is 0 Å². The Labute approximate surface area is 104 Å². The highest BCUT2D eigenvalue weighted by Crippen LogP contribution is 2.34. The zero-order valence-electron chi connectivity index (χ0n) is 10.3. The van der Waals surface area contributed by atoms with Gasteiger partial charge in [-0.25, -0.2) is 4.98 Å². The molecule has 1 aromatic rings. The van der Waals surface area contributed by atoms with Gasteiger partial charge in [-0.05, 0) is 31.4 Å². The fraction of sp³-hybridized carbons (Fsp3) is 0.583. The summed E-state index contributed by atoms with van der Waals surface area (Å²) in [6, 6.07) is 2.13. The van der Waals surface area contributed by atoms with Gasteiger partial charge in [0.15, 0.2) is 0 Å². The summed E-state index contributed by atoms with van der Waals surface area (Å²) in [4.78, 5) is 5.90. The Morgan fingerprint density at radius 2 is 2.00 bits per heavy atom. The number of rotatable bonds is 1. The summed E-state index contributed by atoms with van der Waals surface area (Å²) in [6.07, 6.45) is -3.43. The van der Waals surface area contributed by atoms with Crippen LogP contribution in [0.25, 0.3) is 0 Å². The molecule has 0 aliphatic carbocycles. The fourth-order valence-electron chi connectivity index (χ4n) is 2.47. The van der Waals surface area contributed by atoms with Gasteiger partial charge < -0.3 is 10.6 Å². The van der Waals surface area contributed by atoms with Crippen LogP contribution in [0.4, 0.5) is 24.8 Å². The van der Waals surface area contributed by atoms with E-state index in [0.717, 1.165) is 25.1 Å². The standard InChI is InChI=1S/C12H16F3N3/c1-7-3-8(2)18(6-7)11-5-9(12(13,14)15)4-10(16)17-11/h4-5,7-8H,3,6H2,1-2H3,(H2,16,17). The van der Waals surface area contributed by atoms with Crippen molar-refractivity contribution in [2.24, 2.45) is 5.92 Å². The molecule has 6 heteroatoms. The highest BCUT2D eigenvalue weighted by molar-refractivity contribution is 5.50. The van der Waals surface area contributed by atoms with Crippen LogP contribution in [0, 0.1) is 5.92 Å². The summed E-state index contributed by atoms with van der Waals surface area (Å²) in [7, 11) is 0. The van der Waals surface area contributed by atoms with E-state index in [0.29, 0.717) is 11.7 Å². The zero-order chi connectivity index (χ0) is 13.5. The van der Waals surface area contributed by atoms with Gasteiger partial charge in [0, 0.05) is 12.6 Å². The van der Waals surface area contributed by atoms with Crippen LogP contribution in [-0.2, 0) is 6.18 Å². The Morgan fingerprint density at radius 3 is 2.50 bits per heavy atom. The number of nitrogen functional groups attached to an aromatic ring is 1. The first kappa shape index (κ1) is 13.0. The molecule has 1 saturated heterocycles. The molecule has 0 aromatic carbocycles. The largest absolute Gasteiger partial charge is 0.416 e. The van der Waals surface area contributed by atoms with Crippen LogP contribution < -0.4 is 10.6 Å². The molecule has 3 nitrogen and oxygen atoms in total. The smallest absolute Gasteiger partial charge is 0.384 e. The predicted molar refractivity (Wildman–Crippen MR) is 64.2 cm³/mol. The first-order chi connectivity index (χ1) is 8.27. The molecule has 2 unspecified atom stereocenters. The minimum Gasteiger partial charge on any atom is -0.384 e. The maximum Gasteiger partial charge on any atom is 0.416 e. The lowest BCUT2D eigenvalue weighted by Crippen LogP contribution is -2.28. The van der Waals surface area contributed by atoms with E-state index >= 15 is 0 Å². The molecule has 0 spiro atoms. The lowest BCUT2D eigenvalue weighted by molar-refractivity contribution is -0.137. The number of pyridine rings is 1. The first-order valence-corrected chi connectivity index (χ1v) is 5.89. The Morgan fingerprint density at radius 1 is 1.33 bits per heavy atom. The van der Waals surface area contributed by atoms with Crippen LogP contribution in [-0.4, -0.2) is 17.6 Å². The van der Waals surface area contributed by atoms with Crippen molar-refractivity contribution in [3.63, 3.8) is 0 Å². The van der Waals surface area contributed by atoms with Crippen LogP contribution >= 0.6 is 0 Å². The fourth-order valence-corrected chi connectivity index (χ4v) is 2.47. The first-order valence-electron chi connectivity index (χ1n) is 5.89. The van der Waals surface area contributed by atoms with Crippen LogP contribution in [0.2, 0.25) is 0 Å². The van der Waals surface area contributed by atoms with Crippen molar-refractivity contribution in [3.05, 3.63) is 17.7 Å². The third-order valence-electron chi connectivity index (χ3n) is 3.24. The van der Waals surface area contributed by atoms with E-state index in [-0.39, 0.29) is 11.9 Å². The van der Waals surface area contributed by atoms with E-state index in [1.807, 2.05) is 11.8 Å². The highest BCUT2D eigenvalue weighted by atomic mass is 19.4. The molecule has 0 bridgehead atoms. The minimum absolute atomic E-state index is 0.0911. The molecule has 0 amide bonds. The van der Waals surface area contributed by atoms with E-state index in [2.05, 4.69) is 11.9 Å². The monoisotopic (exact) mass is 259 g/mol. The van der Waals surface area contributed by atoms with Gasteiger partial charge >= 0.3 is 6.18 Å². The molecule has 2 rings (SSSR count). The molecule has 1 aliphatic rings. The van der Waals surface area contributed by atoms with Crippen molar-refractivity contribution in [2.45, 2.75) is 32.5 Å². The van der Waals surface area contributed by atoms with Crippen LogP contribution in [0.3, 0.4) is 0 Å². The van der Waals surface area contributed by atoms with Crippen LogP contribution in [0.15, 0.2) is 12.1 Å². The van der Waals surface area contributed by atoms with E-state index in [1.54, 1.807) is 0 Å². The normalized spacial score (nSPS) is 24.6. The second-order valence-corrected chi connectivity index (χ2v) is 4.98. The van der Waals surface area contributed by atoms with Gasteiger partial charge in [0.05, 0.1) is 5.56 Å². The maximum atomic E-state index is 12.7. The van der Waals surface area contributed by atoms with E-state index in [4.69, 9.17) is 5.73 Å². The average Bonchev–Trinajstić information content (AvgIpc) is 2.55. The average molecular weight is 259 g/mol. The topological polar surface area (TPSA) is 42.1 Å². The molecule has 1 aromatic heterocycles. The molecule has 1 aliphatic heterocycles. The van der Waals surface area contributed by atoms with Crippen LogP contribution in [0.5, 0.6) is 0 Å². The number of anilines is 2. The Balaban J connectivity index is 2.37. The Kier molecular flexibility index (Phi) is 3.12. The molecule has 18 heavy (non-hydrogen) atoms. The second kappa shape index (κ2) is 4.33. The Hall–Kier alpha value is -1.46. The number of hydrogen-bond donors (Lipinski definition) is 1. The van der Waals surface area contributed by atoms with Crippen molar-refractivity contribution in [1.29, 1.82) is 0 Å². The van der Waals surface area contributed by atoms with Crippen molar-refractivity contribution in [1.82, 2.24) is 4.98 Å². The Bertz CT molecular complexity index is 445. The molecule has 1 fully saturated rings. The number of aromatic nitrogens is 1. The summed E-state index contributed by atoms with van der Waals surface area (Å²) in [5.74, 6) is 0.684. The predicted octanol–water partition coefficient (Wildman–Crippen LogP) is 2.92. The van der Waals surface area contributed by atoms with Gasteiger partial charge in [0.1, 0.15) is 11.6 Å². The molecule has 0 radical (unpaired) electrons. The molecule has 0 saturated carbocycles. The number of halogens is 3. The number of hydrogen-bond acceptors (Lipinski definition) is 3. The quantitative estimate of drug-likeness (QED) is 0.843. The highest BCUT2D eigenvalue weighted by Gasteiger charge is 2.33. The van der Waals surface area contributed by atoms with E-state index < -0.39 is 11.7 Å². The molecule has 100 valence electrons. The van der Waals surface area contributed by atoms with Gasteiger partial charge in [0.2, 0.25) is 0 Å². The van der Waals surface area contributed by atoms with Crippen molar-refractivity contribution in [3.8, 4) is 0 Å². The van der Waals surface area contributed by atoms with Crippen molar-refractivity contribution >= 4 is 11.6 Å². The number of nitrogens with two attached hydrogens (primary N) is 1. The van der Waals surface area contributed by atoms with Gasteiger partial charge in [-0.2, -0.15) is 13.2 Å². The van der Waals surface area contributed by atoms with E-state index in [1.165, 1.54) is 0 Å². The van der Waals surface area contributed by atoms with Gasteiger partial charge in [-0.3, -0.25) is 0 Å². The molecule has 2 atom stereocenters. The summed E-state index contributed by atoms with van der Waals surface area (Å²) >= 11 is 0. The lowest BCUT2D eigenvalue weighted by Gasteiger charge is -2.23. The molecular formula is C12H16F3N3. The summed E-state index contributed by atoms with van der Waals surface area (Å²) in [5.41, 5.74) is 4.73. The maximum absolute atomic E-state index is 12.7. The van der Waals surface area contributed by atoms with Crippen molar-refractivity contribution in [2.75, 3.05) is 17.2 Å². The summed E-state index contributed by atoms with van der Waals surface area (Å²) in [5, 5.41) is 0. The SMILES string of the molecule is CC1CC(C)N(c2cc(C(F)(F)F)cc(N)n2)C1. The molecular weight excluding hydrogens is 243 g/mol. The number of nitrogens with zero attached hydrogens (tertiary/aromatic N) is 2. The van der Waals surface area contributed by atoms with Crippen LogP contribution in [0.1, 0.15) is 25.8 Å².